The van der Waals surface area contributed by atoms with Crippen LogP contribution in [0.25, 0.3) is 11.1 Å². The van der Waals surface area contributed by atoms with Crippen molar-refractivity contribution in [2.24, 2.45) is 16.7 Å². The van der Waals surface area contributed by atoms with Crippen molar-refractivity contribution in [3.8, 4) is 0 Å². The third-order valence-corrected chi connectivity index (χ3v) is 5.93. The lowest BCUT2D eigenvalue weighted by atomic mass is 9.48. The average Bonchev–Trinajstić information content (AvgIpc) is 2.96. The number of aryl methyl sites for hydroxylation is 2. The molecule has 130 valence electrons. The first-order valence-corrected chi connectivity index (χ1v) is 8.72. The smallest absolute Gasteiger partial charge is 0.263 e. The van der Waals surface area contributed by atoms with Crippen molar-refractivity contribution in [3.05, 3.63) is 11.5 Å². The normalized spacial score (nSPS) is 28.5. The predicted octanol–water partition coefficient (Wildman–Crippen LogP) is 2.65. The Bertz CT molecular complexity index is 792. The second-order valence-electron chi connectivity index (χ2n) is 8.74. The van der Waals surface area contributed by atoms with Gasteiger partial charge in [0.15, 0.2) is 0 Å². The molecule has 1 aliphatic carbocycles. The third-order valence-electron chi connectivity index (χ3n) is 5.93. The van der Waals surface area contributed by atoms with Crippen LogP contribution in [-0.4, -0.2) is 53.8 Å². The number of fused-ring (bicyclic) bond motifs is 2. The van der Waals surface area contributed by atoms with Gasteiger partial charge in [-0.3, -0.25) is 0 Å². The lowest BCUT2D eigenvalue weighted by Crippen LogP contribution is -2.57. The van der Waals surface area contributed by atoms with Crippen molar-refractivity contribution in [3.63, 3.8) is 0 Å². The van der Waals surface area contributed by atoms with Crippen LogP contribution in [0, 0.1) is 30.6 Å². The van der Waals surface area contributed by atoms with Crippen LogP contribution in [0.5, 0.6) is 0 Å². The summed E-state index contributed by atoms with van der Waals surface area (Å²) in [7, 11) is 4.36. The molecule has 0 N–H and O–H groups in total. The summed E-state index contributed by atoms with van der Waals surface area (Å²) in [6.45, 7) is 11.9. The fourth-order valence-electron chi connectivity index (χ4n) is 5.43. The van der Waals surface area contributed by atoms with Gasteiger partial charge in [0.25, 0.3) is 5.71 Å². The van der Waals surface area contributed by atoms with Gasteiger partial charge in [0.2, 0.25) is 0 Å². The summed E-state index contributed by atoms with van der Waals surface area (Å²) < 4.78 is 5.39. The van der Waals surface area contributed by atoms with Gasteiger partial charge < -0.3 is 14.3 Å². The zero-order valence-corrected chi connectivity index (χ0v) is 15.6. The van der Waals surface area contributed by atoms with Gasteiger partial charge in [0.05, 0.1) is 5.69 Å². The van der Waals surface area contributed by atoms with E-state index in [0.29, 0.717) is 22.5 Å². The summed E-state index contributed by atoms with van der Waals surface area (Å²) in [5.41, 5.74) is 2.24. The minimum absolute atomic E-state index is 0.364. The minimum Gasteiger partial charge on any atom is -0.355 e. The van der Waals surface area contributed by atoms with Gasteiger partial charge in [-0.1, -0.05) is 19.0 Å². The highest BCUT2D eigenvalue weighted by Crippen LogP contribution is 2.63. The highest BCUT2D eigenvalue weighted by atomic mass is 16.5. The maximum absolute atomic E-state index is 5.39. The molecular formula is C18H27N5O. The fourth-order valence-corrected chi connectivity index (χ4v) is 5.43. The van der Waals surface area contributed by atoms with Crippen LogP contribution < -0.4 is 4.90 Å². The molecule has 2 atom stereocenters. The monoisotopic (exact) mass is 329 g/mol. The molecule has 0 radical (unpaired) electrons. The van der Waals surface area contributed by atoms with E-state index in [1.54, 1.807) is 0 Å². The van der Waals surface area contributed by atoms with E-state index >= 15 is 0 Å². The summed E-state index contributed by atoms with van der Waals surface area (Å²) >= 11 is 0. The van der Waals surface area contributed by atoms with Gasteiger partial charge in [0, 0.05) is 25.0 Å². The van der Waals surface area contributed by atoms with E-state index in [4.69, 9.17) is 9.51 Å². The third kappa shape index (κ3) is 2.15. The van der Waals surface area contributed by atoms with Crippen molar-refractivity contribution >= 4 is 16.9 Å². The van der Waals surface area contributed by atoms with Gasteiger partial charge in [-0.25, -0.2) is 4.98 Å². The van der Waals surface area contributed by atoms with Crippen molar-refractivity contribution < 1.29 is 4.52 Å². The molecule has 24 heavy (non-hydrogen) atoms. The first-order valence-electron chi connectivity index (χ1n) is 8.72. The molecule has 2 fully saturated rings. The van der Waals surface area contributed by atoms with Crippen LogP contribution in [0.4, 0.5) is 5.82 Å². The zero-order chi connectivity index (χ0) is 17.3. The Hall–Kier alpha value is -1.69. The molecule has 0 bridgehead atoms. The molecule has 6 heteroatoms. The maximum Gasteiger partial charge on any atom is 0.263 e. The molecule has 4 rings (SSSR count). The van der Waals surface area contributed by atoms with Crippen LogP contribution in [0.3, 0.4) is 0 Å². The molecule has 0 spiro atoms. The molecule has 6 nitrogen and oxygen atoms in total. The van der Waals surface area contributed by atoms with E-state index in [0.717, 1.165) is 42.4 Å². The van der Waals surface area contributed by atoms with Gasteiger partial charge in [-0.05, 0) is 45.7 Å². The van der Waals surface area contributed by atoms with Crippen molar-refractivity contribution in [1.82, 2.24) is 20.0 Å². The molecule has 2 aromatic rings. The lowest BCUT2D eigenvalue weighted by molar-refractivity contribution is -0.0787. The molecule has 2 aliphatic rings. The summed E-state index contributed by atoms with van der Waals surface area (Å²) in [4.78, 5) is 14.0. The zero-order valence-electron chi connectivity index (χ0n) is 15.6. The van der Waals surface area contributed by atoms with E-state index in [1.165, 1.54) is 6.42 Å². The summed E-state index contributed by atoms with van der Waals surface area (Å²) in [6, 6.07) is 0. The van der Waals surface area contributed by atoms with Gasteiger partial charge >= 0.3 is 0 Å². The molecule has 0 unspecified atom stereocenters. The number of aromatic nitrogens is 3. The Kier molecular flexibility index (Phi) is 3.24. The molecular weight excluding hydrogens is 302 g/mol. The highest BCUT2D eigenvalue weighted by molar-refractivity contribution is 5.88. The predicted molar refractivity (Wildman–Crippen MR) is 94.2 cm³/mol. The molecule has 0 amide bonds. The Balaban J connectivity index is 1.76. The number of rotatable bonds is 3. The van der Waals surface area contributed by atoms with E-state index in [2.05, 4.69) is 47.9 Å². The van der Waals surface area contributed by atoms with Crippen LogP contribution in [0.15, 0.2) is 4.52 Å². The first-order chi connectivity index (χ1) is 11.2. The first kappa shape index (κ1) is 15.8. The van der Waals surface area contributed by atoms with Gasteiger partial charge in [0.1, 0.15) is 17.0 Å². The van der Waals surface area contributed by atoms with E-state index in [-0.39, 0.29) is 0 Å². The van der Waals surface area contributed by atoms with Crippen LogP contribution in [0.2, 0.25) is 0 Å². The van der Waals surface area contributed by atoms with Crippen LogP contribution in [-0.2, 0) is 0 Å². The lowest BCUT2D eigenvalue weighted by Gasteiger charge is -2.57. The number of nitrogens with zero attached hydrogens (tertiary/aromatic N) is 5. The standard InChI is InChI=1S/C18H27N5O/c1-11-14-15(19-12(2)20-16(14)24-21-11)23-7-13-17(3,4)8-18(13,10-23)9-22(5)6/h13H,7-10H2,1-6H3/t13-,18+/m1/s1. The average molecular weight is 329 g/mol. The van der Waals surface area contributed by atoms with Crippen LogP contribution >= 0.6 is 0 Å². The topological polar surface area (TPSA) is 58.3 Å². The van der Waals surface area contributed by atoms with Crippen LogP contribution in [0.1, 0.15) is 31.8 Å². The molecule has 1 aliphatic heterocycles. The Labute approximate surface area is 143 Å². The molecule has 2 aromatic heterocycles. The minimum atomic E-state index is 0.364. The largest absolute Gasteiger partial charge is 0.355 e. The SMILES string of the molecule is Cc1nc(N2C[C@@H]3C(C)(C)C[C@]3(CN(C)C)C2)c2c(C)noc2n1. The number of anilines is 1. The van der Waals surface area contributed by atoms with Crippen molar-refractivity contribution in [2.75, 3.05) is 38.6 Å². The van der Waals surface area contributed by atoms with E-state index in [9.17, 15) is 0 Å². The van der Waals surface area contributed by atoms with Crippen molar-refractivity contribution in [2.45, 2.75) is 34.1 Å². The summed E-state index contributed by atoms with van der Waals surface area (Å²) in [5.74, 6) is 2.44. The summed E-state index contributed by atoms with van der Waals surface area (Å²) in [5, 5.41) is 5.08. The van der Waals surface area contributed by atoms with Gasteiger partial charge in [-0.15, -0.1) is 0 Å². The molecule has 3 heterocycles. The highest BCUT2D eigenvalue weighted by Gasteiger charge is 2.62. The van der Waals surface area contributed by atoms with E-state index < -0.39 is 0 Å². The molecule has 0 aromatic carbocycles. The fraction of sp³-hybridized carbons (Fsp3) is 0.722. The number of hydrogen-bond donors (Lipinski definition) is 0. The maximum atomic E-state index is 5.39. The summed E-state index contributed by atoms with van der Waals surface area (Å²) in [6.07, 6.45) is 1.27. The second kappa shape index (κ2) is 4.91. The Morgan fingerprint density at radius 2 is 2.00 bits per heavy atom. The Morgan fingerprint density at radius 3 is 2.67 bits per heavy atom. The number of hydrogen-bond acceptors (Lipinski definition) is 6. The van der Waals surface area contributed by atoms with Crippen molar-refractivity contribution in [1.29, 1.82) is 0 Å². The second-order valence-corrected chi connectivity index (χ2v) is 8.74. The quantitative estimate of drug-likeness (QED) is 0.863. The molecule has 1 saturated heterocycles. The Morgan fingerprint density at radius 1 is 1.25 bits per heavy atom. The van der Waals surface area contributed by atoms with Gasteiger partial charge in [-0.2, -0.15) is 4.98 Å². The molecule has 1 saturated carbocycles. The van der Waals surface area contributed by atoms with E-state index in [1.807, 2.05) is 13.8 Å².